The maximum atomic E-state index is 12.0. The summed E-state index contributed by atoms with van der Waals surface area (Å²) in [5.74, 6) is -1.50. The number of hydrogen-bond acceptors (Lipinski definition) is 4. The van der Waals surface area contributed by atoms with Crippen molar-refractivity contribution >= 4 is 17.6 Å². The zero-order chi connectivity index (χ0) is 13.8. The Hall–Kier alpha value is -2.08. The van der Waals surface area contributed by atoms with Gasteiger partial charge in [-0.05, 0) is 37.6 Å². The Morgan fingerprint density at radius 1 is 1.32 bits per heavy atom. The second kappa shape index (κ2) is 5.71. The molecule has 2 rings (SSSR count). The van der Waals surface area contributed by atoms with E-state index in [4.69, 9.17) is 5.11 Å². The van der Waals surface area contributed by atoms with Crippen LogP contribution in [0.3, 0.4) is 0 Å². The van der Waals surface area contributed by atoms with Crippen LogP contribution in [-0.2, 0) is 4.79 Å². The second-order valence-corrected chi connectivity index (χ2v) is 4.53. The predicted octanol–water partition coefficient (Wildman–Crippen LogP) is 1.17. The van der Waals surface area contributed by atoms with Crippen molar-refractivity contribution in [3.63, 3.8) is 0 Å². The lowest BCUT2D eigenvalue weighted by molar-refractivity contribution is -0.118. The van der Waals surface area contributed by atoms with Crippen molar-refractivity contribution in [2.75, 3.05) is 11.9 Å². The highest BCUT2D eigenvalue weighted by Gasteiger charge is 2.21. The summed E-state index contributed by atoms with van der Waals surface area (Å²) >= 11 is 0. The van der Waals surface area contributed by atoms with Crippen LogP contribution in [0.5, 0.6) is 5.75 Å². The predicted molar refractivity (Wildman–Crippen MR) is 69.3 cm³/mol. The van der Waals surface area contributed by atoms with Gasteiger partial charge < -0.3 is 20.8 Å². The molecule has 0 saturated carbocycles. The summed E-state index contributed by atoms with van der Waals surface area (Å²) in [5.41, 5.74) is 0.141. The number of phenolic OH excluding ortho intramolecular Hbond substituents is 1. The van der Waals surface area contributed by atoms with Crippen molar-refractivity contribution in [1.82, 2.24) is 5.32 Å². The van der Waals surface area contributed by atoms with Gasteiger partial charge >= 0.3 is 5.97 Å². The Labute approximate surface area is 110 Å². The highest BCUT2D eigenvalue weighted by Crippen LogP contribution is 2.24. The number of aromatic carboxylic acids is 1. The lowest BCUT2D eigenvalue weighted by Crippen LogP contribution is -2.43. The first kappa shape index (κ1) is 13.4. The first-order valence-corrected chi connectivity index (χ1v) is 6.18. The van der Waals surface area contributed by atoms with Crippen LogP contribution in [0.4, 0.5) is 5.69 Å². The summed E-state index contributed by atoms with van der Waals surface area (Å²) in [7, 11) is 0. The van der Waals surface area contributed by atoms with Gasteiger partial charge in [0.2, 0.25) is 5.91 Å². The molecule has 1 heterocycles. The molecule has 1 atom stereocenters. The van der Waals surface area contributed by atoms with E-state index < -0.39 is 5.97 Å². The minimum absolute atomic E-state index is 0.0182. The summed E-state index contributed by atoms with van der Waals surface area (Å²) < 4.78 is 0. The number of hydrogen-bond donors (Lipinski definition) is 4. The summed E-state index contributed by atoms with van der Waals surface area (Å²) in [6.07, 6.45) is 2.76. The minimum atomic E-state index is -1.11. The molecule has 0 spiro atoms. The average Bonchev–Trinajstić information content (AvgIpc) is 2.42. The molecular weight excluding hydrogens is 248 g/mol. The third-order valence-corrected chi connectivity index (χ3v) is 3.13. The number of aromatic hydroxyl groups is 1. The first-order valence-electron chi connectivity index (χ1n) is 6.18. The van der Waals surface area contributed by atoms with Crippen molar-refractivity contribution in [2.24, 2.45) is 0 Å². The molecular formula is C13H16N2O4. The Bertz CT molecular complexity index is 495. The molecule has 1 amide bonds. The normalized spacial score (nSPS) is 18.8. The fourth-order valence-electron chi connectivity index (χ4n) is 2.06. The Balaban J connectivity index is 2.11. The molecule has 0 bridgehead atoms. The van der Waals surface area contributed by atoms with E-state index in [1.54, 1.807) is 0 Å². The number of rotatable bonds is 3. The number of carboxylic acids is 1. The number of nitrogens with one attached hydrogen (secondary N) is 2. The van der Waals surface area contributed by atoms with E-state index in [1.807, 2.05) is 0 Å². The number of benzene rings is 1. The Morgan fingerprint density at radius 2 is 2.11 bits per heavy atom. The number of amides is 1. The van der Waals surface area contributed by atoms with Gasteiger partial charge in [0.15, 0.2) is 0 Å². The molecule has 1 aliphatic rings. The van der Waals surface area contributed by atoms with E-state index in [1.165, 1.54) is 18.2 Å². The molecule has 4 N–H and O–H groups in total. The number of anilines is 1. The quantitative estimate of drug-likeness (QED) is 0.614. The number of phenols is 1. The van der Waals surface area contributed by atoms with Crippen molar-refractivity contribution in [3.8, 4) is 5.75 Å². The van der Waals surface area contributed by atoms with Crippen molar-refractivity contribution in [3.05, 3.63) is 23.8 Å². The van der Waals surface area contributed by atoms with E-state index in [9.17, 15) is 14.7 Å². The molecule has 0 aliphatic carbocycles. The number of piperidine rings is 1. The topological polar surface area (TPSA) is 98.7 Å². The molecule has 1 aromatic carbocycles. The maximum absolute atomic E-state index is 12.0. The highest BCUT2D eigenvalue weighted by molar-refractivity contribution is 5.98. The van der Waals surface area contributed by atoms with E-state index in [2.05, 4.69) is 10.6 Å². The third kappa shape index (κ3) is 3.23. The number of carbonyl (C=O) groups is 2. The van der Waals surface area contributed by atoms with Gasteiger partial charge in [-0.25, -0.2) is 4.79 Å². The van der Waals surface area contributed by atoms with Crippen LogP contribution >= 0.6 is 0 Å². The SMILES string of the molecule is O=C(O)c1ccc(O)c(NC(=O)C2CCCCN2)c1. The Kier molecular flexibility index (Phi) is 4.01. The van der Waals surface area contributed by atoms with Crippen molar-refractivity contribution < 1.29 is 19.8 Å². The van der Waals surface area contributed by atoms with Gasteiger partial charge in [0.1, 0.15) is 5.75 Å². The van der Waals surface area contributed by atoms with Crippen LogP contribution in [0.2, 0.25) is 0 Å². The van der Waals surface area contributed by atoms with Crippen LogP contribution < -0.4 is 10.6 Å². The highest BCUT2D eigenvalue weighted by atomic mass is 16.4. The van der Waals surface area contributed by atoms with Crippen LogP contribution in [-0.4, -0.2) is 34.7 Å². The lowest BCUT2D eigenvalue weighted by Gasteiger charge is -2.22. The molecule has 0 aromatic heterocycles. The third-order valence-electron chi connectivity index (χ3n) is 3.13. The summed E-state index contributed by atoms with van der Waals surface area (Å²) in [6.45, 7) is 0.791. The summed E-state index contributed by atoms with van der Waals surface area (Å²) in [6, 6.07) is 3.50. The molecule has 6 heteroatoms. The second-order valence-electron chi connectivity index (χ2n) is 4.53. The minimum Gasteiger partial charge on any atom is -0.506 e. The number of carboxylic acid groups (broad SMARTS) is 1. The van der Waals surface area contributed by atoms with Gasteiger partial charge in [-0.1, -0.05) is 6.42 Å². The molecule has 102 valence electrons. The van der Waals surface area contributed by atoms with Crippen LogP contribution in [0.25, 0.3) is 0 Å². The first-order chi connectivity index (χ1) is 9.08. The van der Waals surface area contributed by atoms with Gasteiger partial charge in [-0.15, -0.1) is 0 Å². The Morgan fingerprint density at radius 3 is 2.74 bits per heavy atom. The van der Waals surface area contributed by atoms with Crippen LogP contribution in [0.15, 0.2) is 18.2 Å². The van der Waals surface area contributed by atoms with Gasteiger partial charge in [0.05, 0.1) is 17.3 Å². The fraction of sp³-hybridized carbons (Fsp3) is 0.385. The maximum Gasteiger partial charge on any atom is 0.335 e. The van der Waals surface area contributed by atoms with Crippen molar-refractivity contribution in [2.45, 2.75) is 25.3 Å². The van der Waals surface area contributed by atoms with Gasteiger partial charge in [-0.2, -0.15) is 0 Å². The smallest absolute Gasteiger partial charge is 0.335 e. The number of carbonyl (C=O) groups excluding carboxylic acids is 1. The molecule has 1 saturated heterocycles. The monoisotopic (exact) mass is 264 g/mol. The molecule has 19 heavy (non-hydrogen) atoms. The molecule has 1 unspecified atom stereocenters. The molecule has 0 radical (unpaired) electrons. The zero-order valence-electron chi connectivity index (χ0n) is 10.3. The van der Waals surface area contributed by atoms with E-state index in [-0.39, 0.29) is 28.9 Å². The summed E-state index contributed by atoms with van der Waals surface area (Å²) in [5, 5.41) is 24.2. The van der Waals surface area contributed by atoms with Crippen LogP contribution in [0.1, 0.15) is 29.6 Å². The summed E-state index contributed by atoms with van der Waals surface area (Å²) in [4.78, 5) is 22.8. The standard InChI is InChI=1S/C13H16N2O4/c16-11-5-4-8(13(18)19)7-10(11)15-12(17)9-3-1-2-6-14-9/h4-5,7,9,14,16H,1-3,6H2,(H,15,17)(H,18,19). The average molecular weight is 264 g/mol. The van der Waals surface area contributed by atoms with Gasteiger partial charge in [0, 0.05) is 0 Å². The van der Waals surface area contributed by atoms with Gasteiger partial charge in [-0.3, -0.25) is 4.79 Å². The van der Waals surface area contributed by atoms with E-state index >= 15 is 0 Å². The molecule has 1 aliphatic heterocycles. The van der Waals surface area contributed by atoms with E-state index in [0.29, 0.717) is 0 Å². The lowest BCUT2D eigenvalue weighted by atomic mass is 10.0. The van der Waals surface area contributed by atoms with Crippen molar-refractivity contribution in [1.29, 1.82) is 0 Å². The van der Waals surface area contributed by atoms with Crippen LogP contribution in [0, 0.1) is 0 Å². The molecule has 1 fully saturated rings. The zero-order valence-corrected chi connectivity index (χ0v) is 10.3. The fourth-order valence-corrected chi connectivity index (χ4v) is 2.06. The molecule has 6 nitrogen and oxygen atoms in total. The van der Waals surface area contributed by atoms with Gasteiger partial charge in [0.25, 0.3) is 0 Å². The van der Waals surface area contributed by atoms with E-state index in [0.717, 1.165) is 25.8 Å². The largest absolute Gasteiger partial charge is 0.506 e. The molecule has 1 aromatic rings.